The maximum atomic E-state index is 14.1. The summed E-state index contributed by atoms with van der Waals surface area (Å²) in [6, 6.07) is 16.6. The number of anilines is 4. The number of amides is 5. The number of thiazole rings is 1. The first-order chi connectivity index (χ1) is 38.9. The number of hydrogen-bond acceptors (Lipinski definition) is 16. The fraction of sp³-hybridized carbons (Fsp3) is 0.441. The predicted molar refractivity (Wildman–Crippen MR) is 309 cm³/mol. The van der Waals surface area contributed by atoms with Crippen molar-refractivity contribution in [3.63, 3.8) is 0 Å². The Morgan fingerprint density at radius 2 is 1.60 bits per heavy atom. The molecule has 0 saturated carbocycles. The number of rotatable bonds is 22. The van der Waals surface area contributed by atoms with Crippen molar-refractivity contribution in [2.75, 3.05) is 44.4 Å². The number of carbonyl (C=O) groups is 5. The van der Waals surface area contributed by atoms with Crippen LogP contribution in [0.1, 0.15) is 119 Å². The van der Waals surface area contributed by atoms with E-state index in [1.165, 1.54) is 11.9 Å². The number of aryl methyl sites for hydroxylation is 2. The van der Waals surface area contributed by atoms with Crippen molar-refractivity contribution in [2.45, 2.75) is 117 Å². The molecule has 4 atom stereocenters. The van der Waals surface area contributed by atoms with Gasteiger partial charge in [-0.2, -0.15) is 5.10 Å². The Balaban J connectivity index is 0.718. The van der Waals surface area contributed by atoms with Gasteiger partial charge in [0.1, 0.15) is 24.2 Å². The van der Waals surface area contributed by atoms with Crippen molar-refractivity contribution in [3.05, 3.63) is 101 Å². The number of pyridine rings is 1. The molecule has 2 aromatic carbocycles. The molecule has 5 amide bonds. The number of ether oxygens (including phenoxy) is 1. The Morgan fingerprint density at radius 1 is 0.864 bits per heavy atom. The van der Waals surface area contributed by atoms with Gasteiger partial charge < -0.3 is 46.2 Å². The summed E-state index contributed by atoms with van der Waals surface area (Å²) in [4.78, 5) is 84.4. The number of aromatic nitrogens is 7. The number of carbonyl (C=O) groups excluding carboxylic acids is 5. The Bertz CT molecular complexity index is 3250. The molecule has 81 heavy (non-hydrogen) atoms. The molecule has 8 rings (SSSR count). The van der Waals surface area contributed by atoms with Crippen molar-refractivity contribution in [3.8, 4) is 39.4 Å². The molecule has 426 valence electrons. The van der Waals surface area contributed by atoms with Gasteiger partial charge in [0, 0.05) is 70.8 Å². The second kappa shape index (κ2) is 26.8. The molecule has 21 nitrogen and oxygen atoms in total. The molecule has 2 aliphatic rings. The quantitative estimate of drug-likeness (QED) is 0.0289. The van der Waals surface area contributed by atoms with Crippen molar-refractivity contribution in [1.82, 2.24) is 60.7 Å². The minimum atomic E-state index is -0.888. The van der Waals surface area contributed by atoms with Gasteiger partial charge in [0.25, 0.3) is 5.91 Å². The fourth-order valence-corrected chi connectivity index (χ4v) is 10.6. The largest absolute Gasteiger partial charge is 0.494 e. The zero-order chi connectivity index (χ0) is 57.8. The van der Waals surface area contributed by atoms with Gasteiger partial charge in [-0.05, 0) is 67.5 Å². The highest BCUT2D eigenvalue weighted by atomic mass is 32.1. The van der Waals surface area contributed by atoms with Gasteiger partial charge in [0.2, 0.25) is 23.6 Å². The number of likely N-dealkylation sites (tertiary alicyclic amines) is 2. The maximum absolute atomic E-state index is 14.1. The standard InChI is InChI=1S/C59H72N14O7S/c1-36(40-23-25-41(26-24-40)53-37(2)63-35-81-53)64-56(77)46-28-42(74)33-73(46)58(79)54(59(3,4)5)67-49(75)18-13-11-9-10-12-14-19-50(76)72-31-39(32-72)21-20-38-22-27-47(61-30-38)66-48-29-45(51(69-68-48)57(78)60-6)65-44-17-15-16-43(52(44)80-8)55-62-34-71(7)70-55/h15-17,22-27,29-30,34-36,39,42,46,54,74H,9-14,18-19,28,31-33H2,1-8H3,(H,60,78)(H,64,77)(H,67,75)(H2,61,65,66,68)/t36-,42+,46-,54?/m0/s1. The van der Waals surface area contributed by atoms with Crippen molar-refractivity contribution >= 4 is 63.9 Å². The normalized spacial score (nSPS) is 15.9. The molecule has 0 radical (unpaired) electrons. The van der Waals surface area contributed by atoms with Gasteiger partial charge >= 0.3 is 0 Å². The van der Waals surface area contributed by atoms with E-state index in [0.29, 0.717) is 66.1 Å². The van der Waals surface area contributed by atoms with Crippen LogP contribution in [0.3, 0.4) is 0 Å². The summed E-state index contributed by atoms with van der Waals surface area (Å²) < 4.78 is 7.35. The highest BCUT2D eigenvalue weighted by Gasteiger charge is 2.45. The van der Waals surface area contributed by atoms with E-state index in [4.69, 9.17) is 4.74 Å². The van der Waals surface area contributed by atoms with E-state index in [2.05, 4.69) is 68.7 Å². The number of methoxy groups -OCH3 is 1. The Hall–Kier alpha value is -8.29. The molecule has 0 aliphatic carbocycles. The van der Waals surface area contributed by atoms with Gasteiger partial charge in [-0.3, -0.25) is 28.7 Å². The fourth-order valence-electron chi connectivity index (χ4n) is 9.78. The summed E-state index contributed by atoms with van der Waals surface area (Å²) in [6.07, 6.45) is 8.28. The Morgan fingerprint density at radius 3 is 2.26 bits per heavy atom. The first-order valence-corrected chi connectivity index (χ1v) is 28.3. The number of β-amino-alcohol motifs (C(OH)–C–C–N with tert-alkyl or cyclic N) is 1. The highest BCUT2D eigenvalue weighted by molar-refractivity contribution is 7.13. The minimum Gasteiger partial charge on any atom is -0.494 e. The Labute approximate surface area is 476 Å². The van der Waals surface area contributed by atoms with E-state index in [-0.39, 0.29) is 60.7 Å². The third-order valence-corrected chi connectivity index (χ3v) is 15.3. The van der Waals surface area contributed by atoms with E-state index in [0.717, 1.165) is 59.4 Å². The number of aliphatic hydroxyl groups is 1. The summed E-state index contributed by atoms with van der Waals surface area (Å²) in [5.74, 6) is 7.02. The number of benzene rings is 2. The third-order valence-electron chi connectivity index (χ3n) is 14.3. The summed E-state index contributed by atoms with van der Waals surface area (Å²) >= 11 is 1.58. The number of nitrogens with one attached hydrogen (secondary N) is 5. The van der Waals surface area contributed by atoms with Crippen LogP contribution < -0.4 is 31.3 Å². The van der Waals surface area contributed by atoms with Crippen molar-refractivity contribution in [2.24, 2.45) is 18.4 Å². The van der Waals surface area contributed by atoms with Crippen LogP contribution in [0.25, 0.3) is 21.8 Å². The highest BCUT2D eigenvalue weighted by Crippen LogP contribution is 2.38. The molecule has 6 heterocycles. The summed E-state index contributed by atoms with van der Waals surface area (Å²) in [7, 11) is 4.84. The number of nitrogens with zero attached hydrogens (tertiary/aromatic N) is 9. The Kier molecular flexibility index (Phi) is 19.5. The van der Waals surface area contributed by atoms with Gasteiger partial charge in [-0.25, -0.2) is 15.0 Å². The first-order valence-electron chi connectivity index (χ1n) is 27.4. The molecule has 4 aromatic heterocycles. The molecule has 6 aromatic rings. The van der Waals surface area contributed by atoms with Crippen molar-refractivity contribution < 1.29 is 33.8 Å². The smallest absolute Gasteiger partial charge is 0.273 e. The number of para-hydroxylation sites is 1. The van der Waals surface area contributed by atoms with E-state index in [9.17, 15) is 29.1 Å². The predicted octanol–water partition coefficient (Wildman–Crippen LogP) is 7.26. The molecule has 22 heteroatoms. The van der Waals surface area contributed by atoms with Crippen LogP contribution in [0.4, 0.5) is 23.0 Å². The van der Waals surface area contributed by atoms with Crippen LogP contribution >= 0.6 is 11.3 Å². The average Bonchev–Trinajstić information content (AvgIpc) is 4.40. The zero-order valence-electron chi connectivity index (χ0n) is 47.2. The molecular weight excluding hydrogens is 1050 g/mol. The molecule has 0 bridgehead atoms. The monoisotopic (exact) mass is 1120 g/mol. The van der Waals surface area contributed by atoms with E-state index >= 15 is 0 Å². The lowest BCUT2D eigenvalue weighted by atomic mass is 9.85. The third kappa shape index (κ3) is 15.1. The second-order valence-corrected chi connectivity index (χ2v) is 22.5. The molecule has 2 fully saturated rings. The van der Waals surface area contributed by atoms with Crippen LogP contribution in [0.15, 0.2) is 78.7 Å². The molecule has 2 aliphatic heterocycles. The lowest BCUT2D eigenvalue weighted by Crippen LogP contribution is -2.57. The summed E-state index contributed by atoms with van der Waals surface area (Å²) in [5.41, 5.74) is 6.47. The number of aliphatic hydroxyl groups excluding tert-OH is 1. The minimum absolute atomic E-state index is 0.00678. The zero-order valence-corrected chi connectivity index (χ0v) is 48.0. The lowest BCUT2D eigenvalue weighted by Gasteiger charge is -2.36. The van der Waals surface area contributed by atoms with Crippen LogP contribution in [0, 0.1) is 30.1 Å². The molecule has 1 unspecified atom stereocenters. The SMILES string of the molecule is CNC(=O)c1nnc(Nc2ccc(C#CC3CN(C(=O)CCCCCCCCC(=O)NC(C(=O)N4C[C@H](O)C[C@H]4C(=O)N[C@@H](C)c4ccc(-c5scnc5C)cc4)C(C)(C)C)C3)cn2)cc1Nc1cccc(-c2ncn(C)n2)c1OC. The van der Waals surface area contributed by atoms with Gasteiger partial charge in [-0.1, -0.05) is 88.6 Å². The van der Waals surface area contributed by atoms with E-state index in [1.807, 2.05) is 93.6 Å². The van der Waals surface area contributed by atoms with Gasteiger partial charge in [-0.15, -0.1) is 21.5 Å². The maximum Gasteiger partial charge on any atom is 0.273 e. The molecular formula is C59H72N14O7S. The van der Waals surface area contributed by atoms with Crippen LogP contribution in [0.5, 0.6) is 5.75 Å². The summed E-state index contributed by atoms with van der Waals surface area (Å²) in [6.45, 7) is 10.7. The lowest BCUT2D eigenvalue weighted by molar-refractivity contribution is -0.144. The molecule has 6 N–H and O–H groups in total. The number of hydrogen-bond donors (Lipinski definition) is 6. The van der Waals surface area contributed by atoms with Crippen LogP contribution in [0.2, 0.25) is 0 Å². The van der Waals surface area contributed by atoms with E-state index < -0.39 is 29.5 Å². The average molecular weight is 1120 g/mol. The van der Waals surface area contributed by atoms with Gasteiger partial charge in [0.05, 0.1) is 58.2 Å². The number of unbranched alkanes of at least 4 members (excludes halogenated alkanes) is 5. The summed E-state index contributed by atoms with van der Waals surface area (Å²) in [5, 5.41) is 38.5. The van der Waals surface area contributed by atoms with E-state index in [1.54, 1.807) is 54.8 Å². The molecule has 2 saturated heterocycles. The van der Waals surface area contributed by atoms with Crippen molar-refractivity contribution in [1.29, 1.82) is 0 Å². The van der Waals surface area contributed by atoms with Crippen LogP contribution in [-0.2, 0) is 26.2 Å². The molecule has 0 spiro atoms. The topological polar surface area (TPSA) is 264 Å². The second-order valence-electron chi connectivity index (χ2n) is 21.6. The van der Waals surface area contributed by atoms with Crippen LogP contribution in [-0.4, -0.2) is 131 Å². The first kappa shape index (κ1) is 58.8. The van der Waals surface area contributed by atoms with Gasteiger partial charge in [0.15, 0.2) is 23.1 Å².